The Morgan fingerprint density at radius 3 is 2.41 bits per heavy atom. The number of nitrogens with one attached hydrogen (secondary N) is 1. The molecule has 2 rings (SSSR count). The lowest BCUT2D eigenvalue weighted by Gasteiger charge is -2.20. The lowest BCUT2D eigenvalue weighted by molar-refractivity contribution is 0.136. The molecule has 0 aliphatic rings. The van der Waals surface area contributed by atoms with Crippen molar-refractivity contribution in [1.82, 2.24) is 5.32 Å². The van der Waals surface area contributed by atoms with Gasteiger partial charge in [-0.3, -0.25) is 0 Å². The van der Waals surface area contributed by atoms with Crippen LogP contribution in [0.5, 0.6) is 11.5 Å². The summed E-state index contributed by atoms with van der Waals surface area (Å²) in [7, 11) is 0. The molecule has 0 aromatic heterocycles. The van der Waals surface area contributed by atoms with E-state index < -0.39 is 6.10 Å². The van der Waals surface area contributed by atoms with E-state index in [2.05, 4.69) is 5.32 Å². The highest BCUT2D eigenvalue weighted by atomic mass is 16.3. The Hall–Kier alpha value is -2.04. The van der Waals surface area contributed by atoms with Gasteiger partial charge in [-0.2, -0.15) is 0 Å². The van der Waals surface area contributed by atoms with Gasteiger partial charge >= 0.3 is 0 Å². The van der Waals surface area contributed by atoms with Gasteiger partial charge in [0.1, 0.15) is 11.5 Å². The zero-order valence-corrected chi connectivity index (χ0v) is 12.7. The first-order valence-corrected chi connectivity index (χ1v) is 7.54. The van der Waals surface area contributed by atoms with Crippen molar-refractivity contribution in [3.05, 3.63) is 59.7 Å². The second-order valence-corrected chi connectivity index (χ2v) is 5.55. The predicted molar refractivity (Wildman–Crippen MR) is 87.0 cm³/mol. The zero-order valence-electron chi connectivity index (χ0n) is 12.7. The van der Waals surface area contributed by atoms with Crippen LogP contribution in [0.4, 0.5) is 0 Å². The average molecular weight is 301 g/mol. The van der Waals surface area contributed by atoms with Crippen molar-refractivity contribution in [3.63, 3.8) is 0 Å². The molecule has 0 bridgehead atoms. The summed E-state index contributed by atoms with van der Waals surface area (Å²) >= 11 is 0. The number of rotatable bonds is 7. The molecule has 4 nitrogen and oxygen atoms in total. The largest absolute Gasteiger partial charge is 0.508 e. The van der Waals surface area contributed by atoms with E-state index in [4.69, 9.17) is 0 Å². The van der Waals surface area contributed by atoms with Crippen molar-refractivity contribution >= 4 is 0 Å². The summed E-state index contributed by atoms with van der Waals surface area (Å²) in [5.41, 5.74) is 1.89. The van der Waals surface area contributed by atoms with E-state index in [1.807, 2.05) is 19.1 Å². The number of hydrogen-bond donors (Lipinski definition) is 4. The summed E-state index contributed by atoms with van der Waals surface area (Å²) in [6.07, 6.45) is 1.20. The third-order valence-electron chi connectivity index (χ3n) is 3.73. The van der Waals surface area contributed by atoms with Crippen LogP contribution in [0.25, 0.3) is 0 Å². The number of hydrogen-bond acceptors (Lipinski definition) is 4. The van der Waals surface area contributed by atoms with Crippen molar-refractivity contribution in [2.45, 2.75) is 31.9 Å². The van der Waals surface area contributed by atoms with Crippen LogP contribution in [0.1, 0.15) is 30.6 Å². The highest BCUT2D eigenvalue weighted by Crippen LogP contribution is 2.19. The quantitative estimate of drug-likeness (QED) is 0.593. The molecule has 0 aliphatic carbocycles. The minimum absolute atomic E-state index is 0.0753. The van der Waals surface area contributed by atoms with E-state index in [9.17, 15) is 15.3 Å². The van der Waals surface area contributed by atoms with Crippen LogP contribution in [0.3, 0.4) is 0 Å². The molecule has 0 radical (unpaired) electrons. The molecule has 2 atom stereocenters. The first-order chi connectivity index (χ1) is 10.6. The minimum atomic E-state index is -0.610. The molecular weight excluding hydrogens is 278 g/mol. The first kappa shape index (κ1) is 16.3. The van der Waals surface area contributed by atoms with E-state index in [1.165, 1.54) is 0 Å². The molecule has 0 aliphatic heterocycles. The van der Waals surface area contributed by atoms with Crippen LogP contribution in [0.15, 0.2) is 48.5 Å². The van der Waals surface area contributed by atoms with Gasteiger partial charge < -0.3 is 20.6 Å². The molecule has 0 amide bonds. The zero-order chi connectivity index (χ0) is 15.9. The molecule has 2 aromatic carbocycles. The maximum atomic E-state index is 10.3. The topological polar surface area (TPSA) is 72.7 Å². The summed E-state index contributed by atoms with van der Waals surface area (Å²) < 4.78 is 0. The molecule has 2 aromatic rings. The second kappa shape index (κ2) is 7.82. The lowest BCUT2D eigenvalue weighted by Crippen LogP contribution is -2.33. The molecule has 0 fully saturated rings. The average Bonchev–Trinajstić information content (AvgIpc) is 2.51. The molecule has 22 heavy (non-hydrogen) atoms. The van der Waals surface area contributed by atoms with Gasteiger partial charge in [-0.25, -0.2) is 0 Å². The SMILES string of the molecule is CC(NCCCc1cccc(O)c1)C(O)c1ccc(O)cc1. The minimum Gasteiger partial charge on any atom is -0.508 e. The smallest absolute Gasteiger partial charge is 0.115 e. The fourth-order valence-electron chi connectivity index (χ4n) is 2.41. The van der Waals surface area contributed by atoms with Crippen LogP contribution in [-0.2, 0) is 6.42 Å². The number of aryl methyl sites for hydroxylation is 1. The van der Waals surface area contributed by atoms with Crippen molar-refractivity contribution in [2.24, 2.45) is 0 Å². The number of aliphatic hydroxyl groups excluding tert-OH is 1. The Morgan fingerprint density at radius 1 is 1.00 bits per heavy atom. The summed E-state index contributed by atoms with van der Waals surface area (Å²) in [6.45, 7) is 2.72. The molecule has 0 saturated carbocycles. The standard InChI is InChI=1S/C18H23NO3/c1-13(18(22)15-7-9-16(20)10-8-15)19-11-3-5-14-4-2-6-17(21)12-14/h2,4,6-10,12-13,18-22H,3,5,11H2,1H3. The predicted octanol–water partition coefficient (Wildman–Crippen LogP) is 2.74. The van der Waals surface area contributed by atoms with E-state index >= 15 is 0 Å². The normalized spacial score (nSPS) is 13.7. The molecule has 4 heteroatoms. The van der Waals surface area contributed by atoms with Gasteiger partial charge in [-0.05, 0) is 61.7 Å². The molecule has 0 spiro atoms. The maximum absolute atomic E-state index is 10.3. The van der Waals surface area contributed by atoms with Crippen LogP contribution < -0.4 is 5.32 Å². The number of aliphatic hydroxyl groups is 1. The highest BCUT2D eigenvalue weighted by molar-refractivity contribution is 5.28. The first-order valence-electron chi connectivity index (χ1n) is 7.54. The Kier molecular flexibility index (Phi) is 5.81. The summed E-state index contributed by atoms with van der Waals surface area (Å²) in [5.74, 6) is 0.490. The molecule has 0 saturated heterocycles. The van der Waals surface area contributed by atoms with Gasteiger partial charge in [-0.1, -0.05) is 24.3 Å². The maximum Gasteiger partial charge on any atom is 0.115 e. The van der Waals surface area contributed by atoms with Crippen LogP contribution in [0, 0.1) is 0 Å². The summed E-state index contributed by atoms with van der Waals surface area (Å²) in [6, 6.07) is 13.8. The summed E-state index contributed by atoms with van der Waals surface area (Å²) in [5, 5.41) is 32.2. The second-order valence-electron chi connectivity index (χ2n) is 5.55. The highest BCUT2D eigenvalue weighted by Gasteiger charge is 2.15. The van der Waals surface area contributed by atoms with E-state index in [0.29, 0.717) is 5.75 Å². The van der Waals surface area contributed by atoms with Crippen LogP contribution in [-0.4, -0.2) is 27.9 Å². The van der Waals surface area contributed by atoms with Gasteiger partial charge in [-0.15, -0.1) is 0 Å². The Labute approximate surface area is 131 Å². The molecule has 118 valence electrons. The van der Waals surface area contributed by atoms with Crippen molar-refractivity contribution in [1.29, 1.82) is 0 Å². The van der Waals surface area contributed by atoms with Gasteiger partial charge in [0, 0.05) is 6.04 Å². The van der Waals surface area contributed by atoms with Gasteiger partial charge in [0.05, 0.1) is 6.10 Å². The Balaban J connectivity index is 1.75. The number of benzene rings is 2. The number of phenolic OH excluding ortho intramolecular Hbond substituents is 2. The van der Waals surface area contributed by atoms with Crippen molar-refractivity contribution in [3.8, 4) is 11.5 Å². The van der Waals surface area contributed by atoms with Gasteiger partial charge in [0.25, 0.3) is 0 Å². The van der Waals surface area contributed by atoms with E-state index in [-0.39, 0.29) is 11.8 Å². The Bertz CT molecular complexity index is 583. The van der Waals surface area contributed by atoms with Crippen LogP contribution in [0.2, 0.25) is 0 Å². The van der Waals surface area contributed by atoms with E-state index in [0.717, 1.165) is 30.5 Å². The Morgan fingerprint density at radius 2 is 1.73 bits per heavy atom. The third-order valence-corrected chi connectivity index (χ3v) is 3.73. The summed E-state index contributed by atoms with van der Waals surface area (Å²) in [4.78, 5) is 0. The van der Waals surface area contributed by atoms with Gasteiger partial charge in [0.2, 0.25) is 0 Å². The number of aromatic hydroxyl groups is 2. The fraction of sp³-hybridized carbons (Fsp3) is 0.333. The molecule has 4 N–H and O–H groups in total. The van der Waals surface area contributed by atoms with E-state index in [1.54, 1.807) is 36.4 Å². The third kappa shape index (κ3) is 4.76. The molecule has 0 heterocycles. The fourth-order valence-corrected chi connectivity index (χ4v) is 2.41. The van der Waals surface area contributed by atoms with Crippen LogP contribution >= 0.6 is 0 Å². The van der Waals surface area contributed by atoms with Crippen molar-refractivity contribution < 1.29 is 15.3 Å². The lowest BCUT2D eigenvalue weighted by atomic mass is 10.0. The van der Waals surface area contributed by atoms with Crippen molar-refractivity contribution in [2.75, 3.05) is 6.54 Å². The van der Waals surface area contributed by atoms with Gasteiger partial charge in [0.15, 0.2) is 0 Å². The number of phenols is 2. The monoisotopic (exact) mass is 301 g/mol. The molecular formula is C18H23NO3. The molecule has 2 unspecified atom stereocenters.